The molecule has 0 aromatic rings. The Morgan fingerprint density at radius 3 is 1.16 bits per heavy atom. The van der Waals surface area contributed by atoms with Gasteiger partial charge in [0.05, 0.1) is 17.9 Å². The third-order valence-corrected chi connectivity index (χ3v) is 9.45. The minimum atomic E-state index is -4.39. The lowest BCUT2D eigenvalue weighted by Gasteiger charge is -2.24. The average molecular weight is 634 g/mol. The molecule has 0 aromatic heterocycles. The van der Waals surface area contributed by atoms with Gasteiger partial charge < -0.3 is 15.5 Å². The molecule has 4 N–H and O–H groups in total. The van der Waals surface area contributed by atoms with Gasteiger partial charge in [-0.1, -0.05) is 181 Å². The number of carbonyl (C=O) groups is 1. The summed E-state index contributed by atoms with van der Waals surface area (Å²) in [6.07, 6.45) is 29.7. The Morgan fingerprint density at radius 2 is 0.837 bits per heavy atom. The van der Waals surface area contributed by atoms with E-state index in [9.17, 15) is 28.0 Å². The molecule has 1 amide bonds. The van der Waals surface area contributed by atoms with Gasteiger partial charge in [0.15, 0.2) is 0 Å². The number of aliphatic hydroxyl groups excluding tert-OH is 2. The minimum Gasteiger partial charge on any atom is -0.391 e. The number of hydrogen-bond donors (Lipinski definition) is 4. The molecule has 0 saturated heterocycles. The van der Waals surface area contributed by atoms with Gasteiger partial charge in [-0.05, 0) is 12.8 Å². The molecular formula is C35H71NO6S. The van der Waals surface area contributed by atoms with Crippen molar-refractivity contribution >= 4 is 16.0 Å². The van der Waals surface area contributed by atoms with Crippen LogP contribution in [-0.4, -0.2) is 53.1 Å². The van der Waals surface area contributed by atoms with Gasteiger partial charge in [-0.25, -0.2) is 0 Å². The summed E-state index contributed by atoms with van der Waals surface area (Å²) in [6.45, 7) is 4.48. The van der Waals surface area contributed by atoms with E-state index in [0.717, 1.165) is 44.9 Å². The molecule has 0 rings (SSSR count). The number of nitrogens with one attached hydrogen (secondary N) is 1. The largest absolute Gasteiger partial charge is 0.391 e. The predicted octanol–water partition coefficient (Wildman–Crippen LogP) is 9.04. The first-order chi connectivity index (χ1) is 20.7. The van der Waals surface area contributed by atoms with Gasteiger partial charge in [0, 0.05) is 0 Å². The van der Waals surface area contributed by atoms with Crippen LogP contribution >= 0.6 is 0 Å². The molecule has 0 aliphatic rings. The number of hydrogen-bond acceptors (Lipinski definition) is 5. The van der Waals surface area contributed by atoms with Crippen LogP contribution in [0.4, 0.5) is 0 Å². The van der Waals surface area contributed by atoms with E-state index in [-0.39, 0.29) is 0 Å². The fourth-order valence-electron chi connectivity index (χ4n) is 5.81. The maximum Gasteiger partial charge on any atom is 0.266 e. The van der Waals surface area contributed by atoms with Crippen molar-refractivity contribution in [1.29, 1.82) is 0 Å². The number of unbranched alkanes of at least 4 members (excludes halogenated alkanes) is 24. The normalized spacial score (nSPS) is 14.1. The standard InChI is InChI=1S/C35H71NO6S/c1-3-5-7-9-11-13-15-17-18-20-21-23-25-27-29-33(37)32(31-43(40,41)42)36-35(39)34(38)30-28-26-24-22-19-16-14-12-10-8-6-4-2/h32-34,37-38H,3-31H2,1-2H3,(H,36,39)(H,40,41,42). The maximum absolute atomic E-state index is 12.5. The van der Waals surface area contributed by atoms with Crippen LogP contribution in [0.2, 0.25) is 0 Å². The monoisotopic (exact) mass is 634 g/mol. The second kappa shape index (κ2) is 30.0. The lowest BCUT2D eigenvalue weighted by atomic mass is 10.0. The Labute approximate surface area is 266 Å². The predicted molar refractivity (Wildman–Crippen MR) is 181 cm³/mol. The highest BCUT2D eigenvalue weighted by atomic mass is 32.2. The average Bonchev–Trinajstić information content (AvgIpc) is 2.96. The molecule has 258 valence electrons. The molecule has 8 heteroatoms. The first kappa shape index (κ1) is 42.3. The molecule has 0 spiro atoms. The summed E-state index contributed by atoms with van der Waals surface area (Å²) in [5, 5.41) is 23.4. The van der Waals surface area contributed by atoms with Crippen molar-refractivity contribution in [2.24, 2.45) is 0 Å². The minimum absolute atomic E-state index is 0.302. The van der Waals surface area contributed by atoms with E-state index >= 15 is 0 Å². The molecule has 0 radical (unpaired) electrons. The van der Waals surface area contributed by atoms with E-state index in [4.69, 9.17) is 0 Å². The highest BCUT2D eigenvalue weighted by Gasteiger charge is 2.28. The fraction of sp³-hybridized carbons (Fsp3) is 0.971. The summed E-state index contributed by atoms with van der Waals surface area (Å²) in [6, 6.07) is -1.14. The van der Waals surface area contributed by atoms with Crippen LogP contribution in [0.1, 0.15) is 194 Å². The quantitative estimate of drug-likeness (QED) is 0.0422. The van der Waals surface area contributed by atoms with Gasteiger partial charge in [-0.15, -0.1) is 0 Å². The summed E-state index contributed by atoms with van der Waals surface area (Å²) in [5.74, 6) is -1.44. The molecule has 3 unspecified atom stereocenters. The van der Waals surface area contributed by atoms with Crippen molar-refractivity contribution in [2.45, 2.75) is 212 Å². The maximum atomic E-state index is 12.5. The molecule has 0 aromatic carbocycles. The second-order valence-corrected chi connectivity index (χ2v) is 14.5. The van der Waals surface area contributed by atoms with E-state index in [1.807, 2.05) is 0 Å². The Morgan fingerprint density at radius 1 is 0.535 bits per heavy atom. The van der Waals surface area contributed by atoms with Crippen molar-refractivity contribution in [2.75, 3.05) is 5.75 Å². The molecular weight excluding hydrogens is 562 g/mol. The van der Waals surface area contributed by atoms with Gasteiger partial charge >= 0.3 is 0 Å². The lowest BCUT2D eigenvalue weighted by Crippen LogP contribution is -2.50. The van der Waals surface area contributed by atoms with Crippen LogP contribution in [0.15, 0.2) is 0 Å². The van der Waals surface area contributed by atoms with Gasteiger partial charge in [0.1, 0.15) is 6.10 Å². The molecule has 0 aliphatic heterocycles. The zero-order valence-electron chi connectivity index (χ0n) is 28.2. The Bertz CT molecular complexity index is 717. The first-order valence-electron chi connectivity index (χ1n) is 18.3. The molecule has 43 heavy (non-hydrogen) atoms. The third-order valence-electron chi connectivity index (χ3n) is 8.67. The van der Waals surface area contributed by atoms with Gasteiger partial charge in [-0.2, -0.15) is 8.42 Å². The molecule has 0 bridgehead atoms. The van der Waals surface area contributed by atoms with Crippen LogP contribution in [-0.2, 0) is 14.9 Å². The Kier molecular flexibility index (Phi) is 29.5. The van der Waals surface area contributed by atoms with Crippen LogP contribution in [0.3, 0.4) is 0 Å². The first-order valence-corrected chi connectivity index (χ1v) is 19.9. The number of rotatable bonds is 33. The molecule has 3 atom stereocenters. The lowest BCUT2D eigenvalue weighted by molar-refractivity contribution is -0.131. The second-order valence-electron chi connectivity index (χ2n) is 13.0. The fourth-order valence-corrected chi connectivity index (χ4v) is 6.57. The molecule has 0 saturated carbocycles. The van der Waals surface area contributed by atoms with Crippen molar-refractivity contribution in [3.8, 4) is 0 Å². The zero-order valence-corrected chi connectivity index (χ0v) is 29.0. The summed E-state index contributed by atoms with van der Waals surface area (Å²) in [7, 11) is -4.39. The molecule has 0 heterocycles. The van der Waals surface area contributed by atoms with E-state index in [2.05, 4.69) is 19.2 Å². The highest BCUT2D eigenvalue weighted by Crippen LogP contribution is 2.16. The molecule has 0 aliphatic carbocycles. The number of amides is 1. The van der Waals surface area contributed by atoms with Crippen molar-refractivity contribution in [3.05, 3.63) is 0 Å². The third kappa shape index (κ3) is 29.8. The molecule has 0 fully saturated rings. The van der Waals surface area contributed by atoms with Gasteiger partial charge in [0.2, 0.25) is 5.91 Å². The van der Waals surface area contributed by atoms with Crippen LogP contribution in [0, 0.1) is 0 Å². The number of carbonyl (C=O) groups excluding carboxylic acids is 1. The van der Waals surface area contributed by atoms with E-state index in [0.29, 0.717) is 12.8 Å². The van der Waals surface area contributed by atoms with Crippen LogP contribution in [0.25, 0.3) is 0 Å². The molecule has 7 nitrogen and oxygen atoms in total. The van der Waals surface area contributed by atoms with Crippen molar-refractivity contribution in [3.63, 3.8) is 0 Å². The Balaban J connectivity index is 4.04. The summed E-state index contributed by atoms with van der Waals surface area (Å²) < 4.78 is 32.4. The highest BCUT2D eigenvalue weighted by molar-refractivity contribution is 7.85. The van der Waals surface area contributed by atoms with Crippen LogP contribution < -0.4 is 5.32 Å². The van der Waals surface area contributed by atoms with Crippen LogP contribution in [0.5, 0.6) is 0 Å². The van der Waals surface area contributed by atoms with E-state index in [1.54, 1.807) is 0 Å². The summed E-state index contributed by atoms with van der Waals surface area (Å²) in [5.41, 5.74) is 0. The topological polar surface area (TPSA) is 124 Å². The summed E-state index contributed by atoms with van der Waals surface area (Å²) >= 11 is 0. The summed E-state index contributed by atoms with van der Waals surface area (Å²) in [4.78, 5) is 12.5. The SMILES string of the molecule is CCCCCCCCCCCCCCCCC(O)C(CS(=O)(=O)O)NC(=O)C(O)CCCCCCCCCCCCCC. The van der Waals surface area contributed by atoms with E-state index < -0.39 is 40.0 Å². The zero-order chi connectivity index (χ0) is 32.0. The smallest absolute Gasteiger partial charge is 0.266 e. The van der Waals surface area contributed by atoms with Gasteiger partial charge in [-0.3, -0.25) is 9.35 Å². The van der Waals surface area contributed by atoms with E-state index in [1.165, 1.54) is 122 Å². The van der Waals surface area contributed by atoms with Crippen molar-refractivity contribution in [1.82, 2.24) is 5.32 Å². The number of aliphatic hydroxyl groups is 2. The Hall–Kier alpha value is -0.700. The van der Waals surface area contributed by atoms with Crippen molar-refractivity contribution < 1.29 is 28.0 Å². The van der Waals surface area contributed by atoms with Gasteiger partial charge in [0.25, 0.3) is 10.1 Å².